The Morgan fingerprint density at radius 2 is 1.64 bits per heavy atom. The number of hydrogen-bond acceptors (Lipinski definition) is 3. The Kier molecular flexibility index (Phi) is 7.84. The third-order valence-corrected chi connectivity index (χ3v) is 4.85. The van der Waals surface area contributed by atoms with Gasteiger partial charge in [-0.2, -0.15) is 0 Å². The summed E-state index contributed by atoms with van der Waals surface area (Å²) in [5, 5.41) is 3.26. The van der Waals surface area contributed by atoms with E-state index < -0.39 is 17.9 Å². The number of carbonyl (C=O) groups is 3. The van der Waals surface area contributed by atoms with E-state index in [0.29, 0.717) is 17.0 Å². The number of hydrogen-bond donors (Lipinski definition) is 3. The van der Waals surface area contributed by atoms with E-state index in [9.17, 15) is 14.4 Å². The third-order valence-electron chi connectivity index (χ3n) is 4.29. The van der Waals surface area contributed by atoms with Crippen molar-refractivity contribution >= 4 is 40.9 Å². The highest BCUT2D eigenvalue weighted by Crippen LogP contribution is 2.20. The van der Waals surface area contributed by atoms with Crippen molar-refractivity contribution in [2.45, 2.75) is 26.3 Å². The first-order chi connectivity index (χ1) is 13.3. The highest BCUT2D eigenvalue weighted by Gasteiger charge is 2.27. The van der Waals surface area contributed by atoms with Gasteiger partial charge in [0.15, 0.2) is 0 Å². The molecule has 0 saturated heterocycles. The van der Waals surface area contributed by atoms with Crippen molar-refractivity contribution in [1.82, 2.24) is 16.2 Å². The second-order valence-corrected chi connectivity index (χ2v) is 7.11. The van der Waals surface area contributed by atoms with Crippen LogP contribution in [0.4, 0.5) is 0 Å². The van der Waals surface area contributed by atoms with Gasteiger partial charge in [0.2, 0.25) is 0 Å². The molecular formula is C20H21Cl2N3O3. The number of halogens is 2. The Morgan fingerprint density at radius 3 is 2.29 bits per heavy atom. The lowest BCUT2D eigenvalue weighted by atomic mass is 9.98. The van der Waals surface area contributed by atoms with E-state index in [4.69, 9.17) is 23.2 Å². The topological polar surface area (TPSA) is 87.3 Å². The fourth-order valence-corrected chi connectivity index (χ4v) is 2.83. The van der Waals surface area contributed by atoms with E-state index in [-0.39, 0.29) is 22.4 Å². The molecule has 8 heteroatoms. The minimum absolute atomic E-state index is 0.128. The summed E-state index contributed by atoms with van der Waals surface area (Å²) < 4.78 is 0. The minimum atomic E-state index is -0.826. The molecule has 0 aromatic heterocycles. The second-order valence-electron chi connectivity index (χ2n) is 6.27. The normalized spacial score (nSPS) is 12.6. The molecule has 3 N–H and O–H groups in total. The average Bonchev–Trinajstić information content (AvgIpc) is 2.71. The van der Waals surface area contributed by atoms with Gasteiger partial charge in [-0.25, -0.2) is 0 Å². The molecule has 6 nitrogen and oxygen atoms in total. The molecule has 28 heavy (non-hydrogen) atoms. The Labute approximate surface area is 173 Å². The Balaban J connectivity index is 2.05. The van der Waals surface area contributed by atoms with Crippen LogP contribution < -0.4 is 16.2 Å². The maximum absolute atomic E-state index is 12.6. The van der Waals surface area contributed by atoms with Crippen molar-refractivity contribution in [3.8, 4) is 0 Å². The minimum Gasteiger partial charge on any atom is -0.340 e. The Bertz CT molecular complexity index is 859. The van der Waals surface area contributed by atoms with Crippen LogP contribution in [0.5, 0.6) is 0 Å². The fourth-order valence-electron chi connectivity index (χ4n) is 2.45. The molecule has 2 rings (SSSR count). The first kappa shape index (κ1) is 21.7. The van der Waals surface area contributed by atoms with E-state index >= 15 is 0 Å². The number of rotatable bonds is 6. The van der Waals surface area contributed by atoms with Gasteiger partial charge in [-0.3, -0.25) is 25.2 Å². The van der Waals surface area contributed by atoms with Crippen LogP contribution in [0, 0.1) is 5.92 Å². The largest absolute Gasteiger partial charge is 0.340 e. The molecule has 0 radical (unpaired) electrons. The van der Waals surface area contributed by atoms with E-state index in [1.165, 1.54) is 12.1 Å². The molecule has 0 bridgehead atoms. The van der Waals surface area contributed by atoms with E-state index in [1.807, 2.05) is 13.8 Å². The molecule has 2 unspecified atom stereocenters. The molecule has 0 fully saturated rings. The van der Waals surface area contributed by atoms with Gasteiger partial charge < -0.3 is 5.32 Å². The maximum atomic E-state index is 12.6. The first-order valence-corrected chi connectivity index (χ1v) is 9.50. The van der Waals surface area contributed by atoms with Gasteiger partial charge in [-0.05, 0) is 36.2 Å². The lowest BCUT2D eigenvalue weighted by molar-refractivity contribution is -0.124. The van der Waals surface area contributed by atoms with Crippen LogP contribution in [-0.4, -0.2) is 23.8 Å². The van der Waals surface area contributed by atoms with Gasteiger partial charge >= 0.3 is 0 Å². The summed E-state index contributed by atoms with van der Waals surface area (Å²) in [4.78, 5) is 37.3. The Hall–Kier alpha value is -2.57. The molecule has 2 atom stereocenters. The van der Waals surface area contributed by atoms with E-state index in [1.54, 1.807) is 36.4 Å². The van der Waals surface area contributed by atoms with Gasteiger partial charge in [0.25, 0.3) is 17.7 Å². The van der Waals surface area contributed by atoms with Crippen LogP contribution in [0.15, 0.2) is 48.5 Å². The summed E-state index contributed by atoms with van der Waals surface area (Å²) in [5.74, 6) is -1.67. The maximum Gasteiger partial charge on any atom is 0.271 e. The molecule has 0 heterocycles. The number of carbonyl (C=O) groups excluding carboxylic acids is 3. The third kappa shape index (κ3) is 5.71. The number of amides is 3. The van der Waals surface area contributed by atoms with Gasteiger partial charge in [0.1, 0.15) is 6.04 Å². The summed E-state index contributed by atoms with van der Waals surface area (Å²) in [6.07, 6.45) is 0.654. The van der Waals surface area contributed by atoms with Crippen LogP contribution in [0.25, 0.3) is 0 Å². The van der Waals surface area contributed by atoms with Crippen molar-refractivity contribution in [2.75, 3.05) is 0 Å². The van der Waals surface area contributed by atoms with Crippen LogP contribution in [0.2, 0.25) is 10.0 Å². The van der Waals surface area contributed by atoms with Crippen LogP contribution in [-0.2, 0) is 4.79 Å². The predicted octanol–water partition coefficient (Wildman–Crippen LogP) is 3.60. The van der Waals surface area contributed by atoms with Crippen LogP contribution in [0.1, 0.15) is 41.0 Å². The number of nitrogens with one attached hydrogen (secondary N) is 3. The average molecular weight is 422 g/mol. The molecule has 2 aromatic carbocycles. The zero-order valence-electron chi connectivity index (χ0n) is 15.5. The lowest BCUT2D eigenvalue weighted by Gasteiger charge is -2.23. The summed E-state index contributed by atoms with van der Waals surface area (Å²) in [6.45, 7) is 3.75. The molecule has 148 valence electrons. The number of benzene rings is 2. The van der Waals surface area contributed by atoms with E-state index in [0.717, 1.165) is 0 Å². The monoisotopic (exact) mass is 421 g/mol. The fraction of sp³-hybridized carbons (Fsp3) is 0.250. The molecule has 0 spiro atoms. The summed E-state index contributed by atoms with van der Waals surface area (Å²) in [7, 11) is 0. The van der Waals surface area contributed by atoms with Gasteiger partial charge in [-0.15, -0.1) is 0 Å². The summed E-state index contributed by atoms with van der Waals surface area (Å²) in [5.41, 5.74) is 5.22. The smallest absolute Gasteiger partial charge is 0.271 e. The molecule has 0 aliphatic carbocycles. The Morgan fingerprint density at radius 1 is 0.964 bits per heavy atom. The molecule has 2 aromatic rings. The molecule has 0 aliphatic rings. The number of hydrazine groups is 1. The highest BCUT2D eigenvalue weighted by atomic mass is 35.5. The summed E-state index contributed by atoms with van der Waals surface area (Å²) in [6, 6.07) is 12.2. The quantitative estimate of drug-likeness (QED) is 0.622. The molecular weight excluding hydrogens is 401 g/mol. The molecule has 3 amide bonds. The SMILES string of the molecule is CCC(C)C(NC(=O)c1ccccc1)C(=O)NNC(=O)c1cc(Cl)ccc1Cl. The molecule has 0 aliphatic heterocycles. The van der Waals surface area contributed by atoms with Gasteiger partial charge in [0.05, 0.1) is 10.6 Å². The first-order valence-electron chi connectivity index (χ1n) is 8.74. The van der Waals surface area contributed by atoms with Gasteiger partial charge in [-0.1, -0.05) is 61.7 Å². The zero-order valence-corrected chi connectivity index (χ0v) is 17.0. The van der Waals surface area contributed by atoms with Gasteiger partial charge in [0, 0.05) is 10.6 Å². The second kappa shape index (κ2) is 10.1. The van der Waals surface area contributed by atoms with Crippen LogP contribution >= 0.6 is 23.2 Å². The summed E-state index contributed by atoms with van der Waals surface area (Å²) >= 11 is 11.9. The lowest BCUT2D eigenvalue weighted by Crippen LogP contribution is -2.54. The standard InChI is InChI=1S/C20H21Cl2N3O3/c1-3-12(2)17(23-18(26)13-7-5-4-6-8-13)20(28)25-24-19(27)15-11-14(21)9-10-16(15)22/h4-12,17H,3H2,1-2H3,(H,23,26)(H,24,27)(H,25,28). The zero-order chi connectivity index (χ0) is 20.7. The van der Waals surface area contributed by atoms with E-state index in [2.05, 4.69) is 16.2 Å². The molecule has 0 saturated carbocycles. The highest BCUT2D eigenvalue weighted by molar-refractivity contribution is 6.35. The van der Waals surface area contributed by atoms with Crippen molar-refractivity contribution in [3.05, 3.63) is 69.7 Å². The van der Waals surface area contributed by atoms with Crippen LogP contribution in [0.3, 0.4) is 0 Å². The van der Waals surface area contributed by atoms with Crippen molar-refractivity contribution in [1.29, 1.82) is 0 Å². The predicted molar refractivity (Wildman–Crippen MR) is 109 cm³/mol. The van der Waals surface area contributed by atoms with Crippen molar-refractivity contribution in [3.63, 3.8) is 0 Å². The van der Waals surface area contributed by atoms with Crippen molar-refractivity contribution in [2.24, 2.45) is 5.92 Å². The van der Waals surface area contributed by atoms with Crippen molar-refractivity contribution < 1.29 is 14.4 Å².